The zero-order chi connectivity index (χ0) is 23.3. The Morgan fingerprint density at radius 1 is 1.12 bits per heavy atom. The van der Waals surface area contributed by atoms with E-state index in [1.807, 2.05) is 11.0 Å². The lowest BCUT2D eigenvalue weighted by molar-refractivity contribution is -0.117. The minimum atomic E-state index is -0.0731. The molecule has 3 heterocycles. The molecule has 168 valence electrons. The summed E-state index contributed by atoms with van der Waals surface area (Å²) in [6, 6.07) is 14.5. The van der Waals surface area contributed by atoms with Crippen LogP contribution < -0.4 is 9.80 Å². The number of aromatic nitrogens is 2. The normalized spacial score (nSPS) is 20.3. The summed E-state index contributed by atoms with van der Waals surface area (Å²) in [6.45, 7) is 11.7. The second-order valence-electron chi connectivity index (χ2n) is 8.94. The number of H-pyrrole nitrogens is 1. The van der Waals surface area contributed by atoms with Gasteiger partial charge >= 0.3 is 0 Å². The second kappa shape index (κ2) is 7.96. The Bertz CT molecular complexity index is 1300. The average Bonchev–Trinajstić information content (AvgIpc) is 3.51. The van der Waals surface area contributed by atoms with Crippen molar-refractivity contribution in [3.05, 3.63) is 90.1 Å². The Balaban J connectivity index is 1.63. The Labute approximate surface area is 194 Å². The van der Waals surface area contributed by atoms with Crippen LogP contribution in [0.3, 0.4) is 0 Å². The van der Waals surface area contributed by atoms with Crippen LogP contribution in [0.25, 0.3) is 11.0 Å². The molecule has 1 aromatic heterocycles. The molecule has 0 aliphatic carbocycles. The number of amides is 1. The Morgan fingerprint density at radius 2 is 1.85 bits per heavy atom. The van der Waals surface area contributed by atoms with Gasteiger partial charge in [0.15, 0.2) is 0 Å². The van der Waals surface area contributed by atoms with Crippen LogP contribution in [0.1, 0.15) is 31.4 Å². The molecule has 6 heteroatoms. The highest BCUT2D eigenvalue weighted by Crippen LogP contribution is 2.49. The topological polar surface area (TPSA) is 55.5 Å². The van der Waals surface area contributed by atoms with Crippen molar-refractivity contribution in [1.82, 2.24) is 14.9 Å². The molecule has 1 unspecified atom stereocenters. The van der Waals surface area contributed by atoms with Crippen molar-refractivity contribution in [2.75, 3.05) is 30.4 Å². The number of hydrogen-bond acceptors (Lipinski definition) is 4. The van der Waals surface area contributed by atoms with E-state index in [2.05, 4.69) is 90.3 Å². The fourth-order valence-corrected chi connectivity index (χ4v) is 4.86. The van der Waals surface area contributed by atoms with Gasteiger partial charge in [0.2, 0.25) is 5.91 Å². The van der Waals surface area contributed by atoms with Gasteiger partial charge in [-0.15, -0.1) is 0 Å². The molecule has 3 aromatic rings. The van der Waals surface area contributed by atoms with Crippen molar-refractivity contribution in [2.24, 2.45) is 0 Å². The van der Waals surface area contributed by atoms with Crippen LogP contribution in [0.15, 0.2) is 84.5 Å². The van der Waals surface area contributed by atoms with E-state index in [0.29, 0.717) is 6.42 Å². The van der Waals surface area contributed by atoms with E-state index >= 15 is 0 Å². The fraction of sp³-hybridized carbons (Fsp3) is 0.259. The fourth-order valence-electron chi connectivity index (χ4n) is 4.86. The molecule has 1 atom stereocenters. The smallest absolute Gasteiger partial charge is 0.227 e. The maximum Gasteiger partial charge on any atom is 0.227 e. The van der Waals surface area contributed by atoms with Crippen molar-refractivity contribution < 1.29 is 4.79 Å². The Morgan fingerprint density at radius 3 is 2.52 bits per heavy atom. The van der Waals surface area contributed by atoms with Gasteiger partial charge in [-0.1, -0.05) is 25.3 Å². The minimum Gasteiger partial charge on any atom is -0.381 e. The van der Waals surface area contributed by atoms with Gasteiger partial charge in [-0.2, -0.15) is 0 Å². The molecule has 0 bridgehead atoms. The average molecular weight is 440 g/mol. The number of carbonyl (C=O) groups excluding carboxylic acids is 1. The summed E-state index contributed by atoms with van der Waals surface area (Å²) in [4.78, 5) is 26.0. The van der Waals surface area contributed by atoms with E-state index in [9.17, 15) is 4.79 Å². The molecule has 5 rings (SSSR count). The van der Waals surface area contributed by atoms with Crippen molar-refractivity contribution >= 4 is 28.3 Å². The number of aromatic amines is 1. The lowest BCUT2D eigenvalue weighted by atomic mass is 9.94. The molecule has 2 saturated heterocycles. The van der Waals surface area contributed by atoms with Gasteiger partial charge in [0, 0.05) is 55.4 Å². The van der Waals surface area contributed by atoms with E-state index in [1.54, 1.807) is 6.33 Å². The van der Waals surface area contributed by atoms with Crippen LogP contribution in [0.5, 0.6) is 0 Å². The molecule has 33 heavy (non-hydrogen) atoms. The molecule has 0 spiro atoms. The van der Waals surface area contributed by atoms with Crippen molar-refractivity contribution in [2.45, 2.75) is 25.8 Å². The van der Waals surface area contributed by atoms with Gasteiger partial charge in [-0.05, 0) is 54.8 Å². The Kier molecular flexibility index (Phi) is 5.08. The van der Waals surface area contributed by atoms with Crippen molar-refractivity contribution in [1.29, 1.82) is 0 Å². The van der Waals surface area contributed by atoms with Gasteiger partial charge in [0.25, 0.3) is 0 Å². The summed E-state index contributed by atoms with van der Waals surface area (Å²) < 4.78 is 0. The van der Waals surface area contributed by atoms with Crippen LogP contribution in [0, 0.1) is 0 Å². The maximum absolute atomic E-state index is 12.2. The number of carbonyl (C=O) groups is 1. The molecule has 2 fully saturated rings. The molecule has 2 aromatic carbocycles. The molecule has 6 nitrogen and oxygen atoms in total. The predicted octanol–water partition coefficient (Wildman–Crippen LogP) is 5.16. The number of nitrogens with one attached hydrogen (secondary N) is 1. The van der Waals surface area contributed by atoms with Crippen LogP contribution in [-0.4, -0.2) is 41.4 Å². The number of hydrogen-bond donors (Lipinski definition) is 1. The number of fused-ring (bicyclic) bond motifs is 1. The standard InChI is InChI=1S/C27H29N5O/c1-17-18(2)32(22-12-13-23-24(15-22)29-16-28-23)27(26(17)19(3)30(4)5)20-8-10-21(11-9-20)31-14-6-7-25(31)33/h8-13,15-16,27H,1-2,6-7,14H2,3-5H3,(H,28,29)/b26-19+. The quantitative estimate of drug-likeness (QED) is 0.610. The molecular formula is C27H29N5O. The summed E-state index contributed by atoms with van der Waals surface area (Å²) in [7, 11) is 4.10. The molecule has 2 aliphatic rings. The highest BCUT2D eigenvalue weighted by Gasteiger charge is 2.38. The van der Waals surface area contributed by atoms with Crippen molar-refractivity contribution in [3.8, 4) is 0 Å². The molecule has 0 saturated carbocycles. The SMILES string of the molecule is C=C1C(=C)N(c2ccc3nc[nH]c3c2)C(c2ccc(N3CCCC3=O)cc2)/C1=C(\C)N(C)C. The summed E-state index contributed by atoms with van der Waals surface area (Å²) in [5.74, 6) is 0.198. The van der Waals surface area contributed by atoms with Crippen LogP contribution in [0.2, 0.25) is 0 Å². The second-order valence-corrected chi connectivity index (χ2v) is 8.94. The summed E-state index contributed by atoms with van der Waals surface area (Å²) in [5, 5.41) is 0. The molecule has 2 aliphatic heterocycles. The third kappa shape index (κ3) is 3.42. The number of rotatable bonds is 4. The maximum atomic E-state index is 12.2. The first-order valence-corrected chi connectivity index (χ1v) is 11.3. The zero-order valence-corrected chi connectivity index (χ0v) is 19.4. The highest BCUT2D eigenvalue weighted by atomic mass is 16.2. The number of allylic oxidation sites excluding steroid dienone is 2. The third-order valence-corrected chi connectivity index (χ3v) is 6.83. The van der Waals surface area contributed by atoms with Gasteiger partial charge < -0.3 is 19.7 Å². The molecule has 0 radical (unpaired) electrons. The summed E-state index contributed by atoms with van der Waals surface area (Å²) >= 11 is 0. The number of nitrogens with zero attached hydrogens (tertiary/aromatic N) is 4. The third-order valence-electron chi connectivity index (χ3n) is 6.83. The first-order chi connectivity index (χ1) is 15.9. The lowest BCUT2D eigenvalue weighted by Gasteiger charge is -2.30. The van der Waals surface area contributed by atoms with E-state index in [1.165, 1.54) is 0 Å². The largest absolute Gasteiger partial charge is 0.381 e. The van der Waals surface area contributed by atoms with Gasteiger partial charge in [-0.3, -0.25) is 4.79 Å². The summed E-state index contributed by atoms with van der Waals surface area (Å²) in [6.07, 6.45) is 3.26. The highest BCUT2D eigenvalue weighted by molar-refractivity contribution is 5.95. The van der Waals surface area contributed by atoms with Gasteiger partial charge in [0.1, 0.15) is 0 Å². The van der Waals surface area contributed by atoms with Gasteiger partial charge in [0.05, 0.1) is 23.4 Å². The van der Waals surface area contributed by atoms with E-state index in [4.69, 9.17) is 0 Å². The van der Waals surface area contributed by atoms with Crippen LogP contribution >= 0.6 is 0 Å². The first-order valence-electron chi connectivity index (χ1n) is 11.3. The van der Waals surface area contributed by atoms with E-state index in [0.717, 1.165) is 63.5 Å². The van der Waals surface area contributed by atoms with E-state index in [-0.39, 0.29) is 11.9 Å². The van der Waals surface area contributed by atoms with Crippen molar-refractivity contribution in [3.63, 3.8) is 0 Å². The molecule has 1 amide bonds. The lowest BCUT2D eigenvalue weighted by Crippen LogP contribution is -2.25. The number of benzene rings is 2. The molecule has 1 N–H and O–H groups in total. The zero-order valence-electron chi connectivity index (χ0n) is 19.4. The number of imidazole rings is 1. The Hall–Kier alpha value is -3.80. The van der Waals surface area contributed by atoms with Crippen LogP contribution in [0.4, 0.5) is 11.4 Å². The number of anilines is 2. The minimum absolute atomic E-state index is 0.0731. The predicted molar refractivity (Wildman–Crippen MR) is 134 cm³/mol. The molecular weight excluding hydrogens is 410 g/mol. The monoisotopic (exact) mass is 439 g/mol. The van der Waals surface area contributed by atoms with Gasteiger partial charge in [-0.25, -0.2) is 4.98 Å². The van der Waals surface area contributed by atoms with E-state index < -0.39 is 0 Å². The van der Waals surface area contributed by atoms with Crippen LogP contribution in [-0.2, 0) is 4.79 Å². The summed E-state index contributed by atoms with van der Waals surface area (Å²) in [5.41, 5.74) is 9.15. The first kappa shape index (κ1) is 21.1.